The molecule has 6 nitrogen and oxygen atoms in total. The first-order chi connectivity index (χ1) is 16.3. The highest BCUT2D eigenvalue weighted by Gasteiger charge is 2.43. The van der Waals surface area contributed by atoms with Gasteiger partial charge in [0.2, 0.25) is 0 Å². The molecular formula is C28H40N2O4. The topological polar surface area (TPSA) is 60.0 Å². The number of hydrogen-bond acceptors (Lipinski definition) is 5. The van der Waals surface area contributed by atoms with Crippen LogP contribution in [0.15, 0.2) is 48.5 Å². The van der Waals surface area contributed by atoms with Crippen LogP contribution < -0.4 is 14.8 Å². The van der Waals surface area contributed by atoms with Crippen molar-refractivity contribution in [2.75, 3.05) is 27.3 Å². The highest BCUT2D eigenvalue weighted by molar-refractivity contribution is 5.68. The normalized spacial score (nSPS) is 17.4. The molecule has 0 spiro atoms. The van der Waals surface area contributed by atoms with Crippen LogP contribution in [0.2, 0.25) is 0 Å². The van der Waals surface area contributed by atoms with E-state index >= 15 is 0 Å². The van der Waals surface area contributed by atoms with Crippen LogP contribution in [0.4, 0.5) is 4.79 Å². The van der Waals surface area contributed by atoms with Crippen LogP contribution in [0, 0.1) is 0 Å². The largest absolute Gasteiger partial charge is 0.497 e. The van der Waals surface area contributed by atoms with Gasteiger partial charge in [0.25, 0.3) is 0 Å². The van der Waals surface area contributed by atoms with Gasteiger partial charge in [-0.05, 0) is 101 Å². The third-order valence-electron chi connectivity index (χ3n) is 6.07. The molecule has 0 aromatic heterocycles. The monoisotopic (exact) mass is 468 g/mol. The van der Waals surface area contributed by atoms with E-state index in [1.165, 1.54) is 11.1 Å². The Morgan fingerprint density at radius 2 is 1.35 bits per heavy atom. The van der Waals surface area contributed by atoms with Crippen molar-refractivity contribution >= 4 is 6.09 Å². The van der Waals surface area contributed by atoms with E-state index in [9.17, 15) is 4.79 Å². The number of hydrogen-bond donors (Lipinski definition) is 1. The second-order valence-electron chi connectivity index (χ2n) is 9.99. The lowest BCUT2D eigenvalue weighted by atomic mass is 10.1. The van der Waals surface area contributed by atoms with Crippen LogP contribution in [-0.2, 0) is 17.6 Å². The van der Waals surface area contributed by atoms with Crippen LogP contribution in [0.1, 0.15) is 51.2 Å². The Hall–Kier alpha value is -2.73. The molecule has 0 heterocycles. The highest BCUT2D eigenvalue weighted by Crippen LogP contribution is 2.29. The second-order valence-corrected chi connectivity index (χ2v) is 9.99. The third-order valence-corrected chi connectivity index (χ3v) is 6.07. The summed E-state index contributed by atoms with van der Waals surface area (Å²) < 4.78 is 16.0. The quantitative estimate of drug-likeness (QED) is 0.462. The van der Waals surface area contributed by atoms with Gasteiger partial charge in [0, 0.05) is 12.1 Å². The Labute approximate surface area is 204 Å². The highest BCUT2D eigenvalue weighted by atomic mass is 16.6. The summed E-state index contributed by atoms with van der Waals surface area (Å²) in [5.41, 5.74) is 2.15. The summed E-state index contributed by atoms with van der Waals surface area (Å²) in [6.45, 7) is 7.68. The molecule has 1 aliphatic carbocycles. The van der Waals surface area contributed by atoms with Crippen LogP contribution in [0.3, 0.4) is 0 Å². The Kier molecular flexibility index (Phi) is 9.22. The molecule has 1 saturated carbocycles. The van der Waals surface area contributed by atoms with E-state index in [2.05, 4.69) is 34.5 Å². The molecule has 2 atom stereocenters. The molecule has 1 aliphatic rings. The molecule has 34 heavy (non-hydrogen) atoms. The molecule has 1 N–H and O–H groups in total. The van der Waals surface area contributed by atoms with Crippen molar-refractivity contribution in [2.24, 2.45) is 0 Å². The molecule has 0 aliphatic heterocycles. The fraction of sp³-hybridized carbons (Fsp3) is 0.536. The van der Waals surface area contributed by atoms with E-state index in [4.69, 9.17) is 14.2 Å². The Morgan fingerprint density at radius 1 is 0.882 bits per heavy atom. The van der Waals surface area contributed by atoms with Gasteiger partial charge in [0.15, 0.2) is 0 Å². The summed E-state index contributed by atoms with van der Waals surface area (Å²) in [4.78, 5) is 14.7. The van der Waals surface area contributed by atoms with Crippen molar-refractivity contribution in [3.8, 4) is 11.5 Å². The fourth-order valence-electron chi connectivity index (χ4n) is 4.20. The molecule has 1 fully saturated rings. The maximum atomic E-state index is 12.2. The molecule has 0 radical (unpaired) electrons. The van der Waals surface area contributed by atoms with Gasteiger partial charge in [-0.15, -0.1) is 0 Å². The van der Waals surface area contributed by atoms with Gasteiger partial charge in [-0.2, -0.15) is 0 Å². The first-order valence-corrected chi connectivity index (χ1v) is 12.3. The van der Waals surface area contributed by atoms with Crippen LogP contribution in [-0.4, -0.2) is 56.0 Å². The van der Waals surface area contributed by atoms with E-state index in [0.717, 1.165) is 56.7 Å². The van der Waals surface area contributed by atoms with E-state index < -0.39 is 5.60 Å². The summed E-state index contributed by atoms with van der Waals surface area (Å²) in [7, 11) is 3.38. The van der Waals surface area contributed by atoms with Gasteiger partial charge < -0.3 is 19.5 Å². The molecule has 3 rings (SSSR count). The minimum absolute atomic E-state index is 0.164. The number of rotatable bonds is 12. The van der Waals surface area contributed by atoms with Gasteiger partial charge in [0.1, 0.15) is 17.1 Å². The van der Waals surface area contributed by atoms with Crippen molar-refractivity contribution in [2.45, 2.75) is 70.6 Å². The number of benzene rings is 2. The Morgan fingerprint density at radius 3 is 1.76 bits per heavy atom. The lowest BCUT2D eigenvalue weighted by molar-refractivity contribution is 0.0517. The van der Waals surface area contributed by atoms with Crippen LogP contribution in [0.5, 0.6) is 11.5 Å². The summed E-state index contributed by atoms with van der Waals surface area (Å²) >= 11 is 0. The lowest BCUT2D eigenvalue weighted by Gasteiger charge is -2.24. The Bertz CT molecular complexity index is 837. The molecule has 0 bridgehead atoms. The number of nitrogens with zero attached hydrogens (tertiary/aromatic N) is 1. The summed E-state index contributed by atoms with van der Waals surface area (Å²) in [5, 5.41) is 3.05. The molecule has 2 aromatic carbocycles. The zero-order valence-electron chi connectivity index (χ0n) is 21.3. The molecule has 1 amide bonds. The number of carbonyl (C=O) groups is 1. The molecule has 2 aromatic rings. The smallest absolute Gasteiger partial charge is 0.407 e. The average molecular weight is 469 g/mol. The standard InChI is InChI=1S/C28H40N2O4/c1-28(2,3)34-27(31)29-25-20-26(25)30(18-6-8-21-10-14-23(32-4)15-11-21)19-7-9-22-12-16-24(33-5)17-13-22/h10-17,25-26H,6-9,18-20H2,1-5H3,(H,29,31)/t25-,26-/m1/s1. The number of alkyl carbamates (subject to hydrolysis) is 1. The predicted octanol–water partition coefficient (Wildman–Crippen LogP) is 5.24. The number of carbonyl (C=O) groups excluding carboxylic acids is 1. The summed E-state index contributed by atoms with van der Waals surface area (Å²) in [5.74, 6) is 1.77. The molecule has 0 unspecified atom stereocenters. The number of amides is 1. The molecule has 186 valence electrons. The van der Waals surface area contributed by atoms with Crippen molar-refractivity contribution in [1.29, 1.82) is 0 Å². The van der Waals surface area contributed by atoms with Gasteiger partial charge in [-0.25, -0.2) is 4.79 Å². The first kappa shape index (κ1) is 25.9. The minimum atomic E-state index is -0.481. The van der Waals surface area contributed by atoms with E-state index in [0.29, 0.717) is 6.04 Å². The maximum absolute atomic E-state index is 12.2. The lowest BCUT2D eigenvalue weighted by Crippen LogP contribution is -2.38. The van der Waals surface area contributed by atoms with Crippen molar-refractivity contribution in [3.05, 3.63) is 59.7 Å². The van der Waals surface area contributed by atoms with E-state index in [-0.39, 0.29) is 12.1 Å². The Balaban J connectivity index is 1.51. The maximum Gasteiger partial charge on any atom is 0.407 e. The van der Waals surface area contributed by atoms with E-state index in [1.807, 2.05) is 45.0 Å². The number of ether oxygens (including phenoxy) is 3. The number of aryl methyl sites for hydroxylation is 2. The minimum Gasteiger partial charge on any atom is -0.497 e. The van der Waals surface area contributed by atoms with Crippen LogP contribution in [0.25, 0.3) is 0 Å². The van der Waals surface area contributed by atoms with Gasteiger partial charge in [-0.3, -0.25) is 4.90 Å². The predicted molar refractivity (Wildman–Crippen MR) is 136 cm³/mol. The average Bonchev–Trinajstić information content (AvgIpc) is 3.56. The SMILES string of the molecule is COc1ccc(CCCN(CCCc2ccc(OC)cc2)[C@@H]2C[C@H]2NC(=O)OC(C)(C)C)cc1. The molecule has 6 heteroatoms. The number of nitrogens with one attached hydrogen (secondary N) is 1. The van der Waals surface area contributed by atoms with Gasteiger partial charge >= 0.3 is 6.09 Å². The third kappa shape index (κ3) is 8.56. The van der Waals surface area contributed by atoms with Crippen molar-refractivity contribution < 1.29 is 19.0 Å². The van der Waals surface area contributed by atoms with Crippen molar-refractivity contribution in [3.63, 3.8) is 0 Å². The van der Waals surface area contributed by atoms with E-state index in [1.54, 1.807) is 14.2 Å². The summed E-state index contributed by atoms with van der Waals surface area (Å²) in [6, 6.07) is 17.2. The fourth-order valence-corrected chi connectivity index (χ4v) is 4.20. The molecular weight excluding hydrogens is 428 g/mol. The number of methoxy groups -OCH3 is 2. The zero-order chi connectivity index (χ0) is 24.6. The molecule has 0 saturated heterocycles. The zero-order valence-corrected chi connectivity index (χ0v) is 21.3. The van der Waals surface area contributed by atoms with Gasteiger partial charge in [0.05, 0.1) is 14.2 Å². The first-order valence-electron chi connectivity index (χ1n) is 12.3. The van der Waals surface area contributed by atoms with Crippen molar-refractivity contribution in [1.82, 2.24) is 10.2 Å². The van der Waals surface area contributed by atoms with Crippen LogP contribution >= 0.6 is 0 Å². The summed E-state index contributed by atoms with van der Waals surface area (Å²) in [6.07, 6.45) is 4.85. The second kappa shape index (κ2) is 12.1. The van der Waals surface area contributed by atoms with Gasteiger partial charge in [-0.1, -0.05) is 24.3 Å².